The van der Waals surface area contributed by atoms with Gasteiger partial charge in [0, 0.05) is 32.7 Å². The third kappa shape index (κ3) is 4.67. The zero-order valence-electron chi connectivity index (χ0n) is 26.9. The van der Waals surface area contributed by atoms with E-state index in [1.165, 1.54) is 5.56 Å². The number of hydrogen-bond acceptors (Lipinski definition) is 4. The summed E-state index contributed by atoms with van der Waals surface area (Å²) in [4.78, 5) is 15.0. The molecule has 0 N–H and O–H groups in total. The van der Waals surface area contributed by atoms with E-state index in [1.807, 2.05) is 66.7 Å². The van der Waals surface area contributed by atoms with Crippen LogP contribution >= 0.6 is 0 Å². The quantitative estimate of drug-likeness (QED) is 0.188. The minimum atomic E-state index is 0.581. The first-order valence-electron chi connectivity index (χ1n) is 16.7. The van der Waals surface area contributed by atoms with Gasteiger partial charge >= 0.3 is 0 Å². The molecule has 0 aliphatic heterocycles. The molecular weight excluding hydrogens is 613 g/mol. The SMILES string of the molecule is c1ccc(-c2ccc3c(c2)oc2ccc(-c4ccc5c(c4)c4ccccc4n5-c4nc(-c5ccccc5)nc(-c5ccccc5)n4)cc23)cc1. The van der Waals surface area contributed by atoms with E-state index in [4.69, 9.17) is 19.4 Å². The van der Waals surface area contributed by atoms with Crippen molar-refractivity contribution in [1.82, 2.24) is 19.5 Å². The van der Waals surface area contributed by atoms with E-state index in [-0.39, 0.29) is 0 Å². The summed E-state index contributed by atoms with van der Waals surface area (Å²) in [5.74, 6) is 1.85. The van der Waals surface area contributed by atoms with Crippen molar-refractivity contribution in [3.8, 4) is 51.0 Å². The van der Waals surface area contributed by atoms with E-state index in [0.29, 0.717) is 17.6 Å². The summed E-state index contributed by atoms with van der Waals surface area (Å²) < 4.78 is 8.51. The highest BCUT2D eigenvalue weighted by molar-refractivity contribution is 6.11. The summed E-state index contributed by atoms with van der Waals surface area (Å²) >= 11 is 0. The Kier molecular flexibility index (Phi) is 6.42. The maximum Gasteiger partial charge on any atom is 0.238 e. The second-order valence-corrected chi connectivity index (χ2v) is 12.5. The van der Waals surface area contributed by atoms with Gasteiger partial charge < -0.3 is 4.42 Å². The minimum absolute atomic E-state index is 0.581. The highest BCUT2D eigenvalue weighted by Gasteiger charge is 2.19. The third-order valence-corrected chi connectivity index (χ3v) is 9.47. The van der Waals surface area contributed by atoms with Crippen molar-refractivity contribution in [2.75, 3.05) is 0 Å². The summed E-state index contributed by atoms with van der Waals surface area (Å²) in [6.45, 7) is 0. The Bertz CT molecular complexity index is 2800. The van der Waals surface area contributed by atoms with Crippen molar-refractivity contribution in [2.45, 2.75) is 0 Å². The Labute approximate surface area is 287 Å². The fourth-order valence-electron chi connectivity index (χ4n) is 7.03. The molecular formula is C45H28N4O. The van der Waals surface area contributed by atoms with Crippen molar-refractivity contribution < 1.29 is 4.42 Å². The van der Waals surface area contributed by atoms with Gasteiger partial charge in [-0.15, -0.1) is 0 Å². The van der Waals surface area contributed by atoms with Gasteiger partial charge in [-0.1, -0.05) is 127 Å². The van der Waals surface area contributed by atoms with Crippen molar-refractivity contribution in [3.63, 3.8) is 0 Å². The van der Waals surface area contributed by atoms with Crippen LogP contribution < -0.4 is 0 Å². The maximum absolute atomic E-state index is 6.35. The van der Waals surface area contributed by atoms with Crippen LogP contribution in [0, 0.1) is 0 Å². The average Bonchev–Trinajstić information content (AvgIpc) is 3.73. The molecule has 0 aliphatic rings. The molecule has 5 nitrogen and oxygen atoms in total. The fraction of sp³-hybridized carbons (Fsp3) is 0. The molecule has 3 aromatic heterocycles. The van der Waals surface area contributed by atoms with Crippen LogP contribution in [0.4, 0.5) is 0 Å². The summed E-state index contributed by atoms with van der Waals surface area (Å²) in [7, 11) is 0. The van der Waals surface area contributed by atoms with Gasteiger partial charge in [0.1, 0.15) is 11.2 Å². The van der Waals surface area contributed by atoms with Crippen molar-refractivity contribution >= 4 is 43.7 Å². The van der Waals surface area contributed by atoms with Gasteiger partial charge in [0.2, 0.25) is 5.95 Å². The molecule has 0 radical (unpaired) electrons. The monoisotopic (exact) mass is 640 g/mol. The number of para-hydroxylation sites is 1. The standard InChI is InChI=1S/C45H28N4O/c1-4-12-29(13-5-1)34-20-23-36-38-27-33(22-25-41(38)50-42(36)28-34)32-21-24-40-37(26-32)35-18-10-11-19-39(35)49(40)45-47-43(30-14-6-2-7-15-30)46-44(48-45)31-16-8-3-9-17-31/h1-28H. The molecule has 234 valence electrons. The van der Waals surface area contributed by atoms with Gasteiger partial charge in [-0.05, 0) is 64.7 Å². The van der Waals surface area contributed by atoms with Crippen LogP contribution in [0.2, 0.25) is 0 Å². The highest BCUT2D eigenvalue weighted by atomic mass is 16.3. The van der Waals surface area contributed by atoms with E-state index in [0.717, 1.165) is 71.6 Å². The van der Waals surface area contributed by atoms with E-state index >= 15 is 0 Å². The Balaban J connectivity index is 1.13. The number of fused-ring (bicyclic) bond motifs is 6. The van der Waals surface area contributed by atoms with Crippen molar-refractivity contribution in [1.29, 1.82) is 0 Å². The van der Waals surface area contributed by atoms with Crippen LogP contribution in [0.1, 0.15) is 0 Å². The number of aromatic nitrogens is 4. The number of benzene rings is 7. The molecule has 3 heterocycles. The number of furan rings is 1. The molecule has 0 saturated heterocycles. The highest BCUT2D eigenvalue weighted by Crippen LogP contribution is 2.38. The molecule has 0 aliphatic carbocycles. The van der Waals surface area contributed by atoms with Crippen LogP contribution in [0.25, 0.3) is 94.7 Å². The second kappa shape index (κ2) is 11.4. The number of rotatable bonds is 5. The molecule has 10 aromatic rings. The van der Waals surface area contributed by atoms with Crippen LogP contribution in [-0.2, 0) is 0 Å². The summed E-state index contributed by atoms with van der Waals surface area (Å²) in [5.41, 5.74) is 10.3. The zero-order valence-corrected chi connectivity index (χ0v) is 26.9. The second-order valence-electron chi connectivity index (χ2n) is 12.5. The van der Waals surface area contributed by atoms with Crippen molar-refractivity contribution in [3.05, 3.63) is 170 Å². The lowest BCUT2D eigenvalue weighted by Crippen LogP contribution is -2.06. The van der Waals surface area contributed by atoms with Crippen LogP contribution in [-0.4, -0.2) is 19.5 Å². The topological polar surface area (TPSA) is 56.7 Å². The number of hydrogen-bond donors (Lipinski definition) is 0. The van der Waals surface area contributed by atoms with Gasteiger partial charge in [-0.2, -0.15) is 9.97 Å². The number of nitrogens with zero attached hydrogens (tertiary/aromatic N) is 4. The van der Waals surface area contributed by atoms with Gasteiger partial charge in [-0.25, -0.2) is 4.98 Å². The van der Waals surface area contributed by atoms with Crippen LogP contribution in [0.5, 0.6) is 0 Å². The Morgan fingerprint density at radius 3 is 1.58 bits per heavy atom. The first-order valence-corrected chi connectivity index (χ1v) is 16.7. The van der Waals surface area contributed by atoms with E-state index in [2.05, 4.69) is 108 Å². The fourth-order valence-corrected chi connectivity index (χ4v) is 7.03. The van der Waals surface area contributed by atoms with Gasteiger partial charge in [0.05, 0.1) is 11.0 Å². The Hall–Kier alpha value is -6.85. The summed E-state index contributed by atoms with van der Waals surface area (Å²) in [6.07, 6.45) is 0. The predicted octanol–water partition coefficient (Wildman–Crippen LogP) is 11.5. The lowest BCUT2D eigenvalue weighted by atomic mass is 9.99. The normalized spacial score (nSPS) is 11.6. The van der Waals surface area contributed by atoms with Gasteiger partial charge in [0.15, 0.2) is 11.6 Å². The average molecular weight is 641 g/mol. The molecule has 50 heavy (non-hydrogen) atoms. The third-order valence-electron chi connectivity index (χ3n) is 9.47. The summed E-state index contributed by atoms with van der Waals surface area (Å²) in [5, 5.41) is 4.48. The zero-order chi connectivity index (χ0) is 33.0. The van der Waals surface area contributed by atoms with Crippen molar-refractivity contribution in [2.24, 2.45) is 0 Å². The van der Waals surface area contributed by atoms with Crippen LogP contribution in [0.3, 0.4) is 0 Å². The molecule has 0 bridgehead atoms. The Morgan fingerprint density at radius 2 is 0.880 bits per heavy atom. The maximum atomic E-state index is 6.35. The molecule has 10 rings (SSSR count). The molecule has 0 amide bonds. The molecule has 5 heteroatoms. The molecule has 0 unspecified atom stereocenters. The van der Waals surface area contributed by atoms with Gasteiger partial charge in [0.25, 0.3) is 0 Å². The van der Waals surface area contributed by atoms with E-state index < -0.39 is 0 Å². The summed E-state index contributed by atoms with van der Waals surface area (Å²) in [6, 6.07) is 58.7. The van der Waals surface area contributed by atoms with Gasteiger partial charge in [-0.3, -0.25) is 4.57 Å². The van der Waals surface area contributed by atoms with E-state index in [9.17, 15) is 0 Å². The minimum Gasteiger partial charge on any atom is -0.456 e. The first-order chi connectivity index (χ1) is 24.8. The molecule has 0 fully saturated rings. The predicted molar refractivity (Wildman–Crippen MR) is 203 cm³/mol. The lowest BCUT2D eigenvalue weighted by Gasteiger charge is -2.11. The smallest absolute Gasteiger partial charge is 0.238 e. The largest absolute Gasteiger partial charge is 0.456 e. The van der Waals surface area contributed by atoms with Crippen LogP contribution in [0.15, 0.2) is 174 Å². The lowest BCUT2D eigenvalue weighted by molar-refractivity contribution is 0.669. The van der Waals surface area contributed by atoms with E-state index in [1.54, 1.807) is 0 Å². The molecule has 0 saturated carbocycles. The molecule has 0 spiro atoms. The molecule has 0 atom stereocenters. The molecule has 7 aromatic carbocycles. The Morgan fingerprint density at radius 1 is 0.340 bits per heavy atom. The first kappa shape index (κ1) is 28.2.